The number of nitrogens with zero attached hydrogens (tertiary/aromatic N) is 2. The first-order valence-corrected chi connectivity index (χ1v) is 9.31. The van der Waals surface area contributed by atoms with E-state index in [9.17, 15) is 4.39 Å². The largest absolute Gasteiger partial charge is 0.370 e. The van der Waals surface area contributed by atoms with E-state index < -0.39 is 0 Å². The molecule has 0 saturated carbocycles. The molecule has 140 valence electrons. The second-order valence-corrected chi connectivity index (χ2v) is 6.50. The van der Waals surface area contributed by atoms with E-state index in [1.165, 1.54) is 11.6 Å². The van der Waals surface area contributed by atoms with E-state index in [2.05, 4.69) is 44.9 Å². The molecule has 3 aromatic rings. The average Bonchev–Trinajstić information content (AvgIpc) is 2.67. The quantitative estimate of drug-likeness (QED) is 0.544. The summed E-state index contributed by atoms with van der Waals surface area (Å²) in [5, 5.41) is 6.55. The fraction of sp³-hybridized carbons (Fsp3) is 0.273. The Kier molecular flexibility index (Phi) is 6.74. The fourth-order valence-electron chi connectivity index (χ4n) is 2.90. The molecule has 0 unspecified atom stereocenters. The summed E-state index contributed by atoms with van der Waals surface area (Å²) in [5.74, 6) is 1.20. The number of nitrogens with one attached hydrogen (secondary N) is 2. The molecule has 2 N–H and O–H groups in total. The Hall–Kier alpha value is -2.95. The number of hydrogen-bond acceptors (Lipinski definition) is 4. The minimum atomic E-state index is -0.176. The van der Waals surface area contributed by atoms with Crippen LogP contribution in [0.25, 0.3) is 0 Å². The van der Waals surface area contributed by atoms with Gasteiger partial charge in [-0.05, 0) is 43.4 Å². The molecule has 0 bridgehead atoms. The number of aromatic nitrogens is 2. The molecule has 0 aliphatic carbocycles. The third-order valence-electron chi connectivity index (χ3n) is 4.28. The summed E-state index contributed by atoms with van der Waals surface area (Å²) >= 11 is 0. The van der Waals surface area contributed by atoms with Crippen LogP contribution in [0.4, 0.5) is 16.2 Å². The Morgan fingerprint density at radius 2 is 1.63 bits per heavy atom. The van der Waals surface area contributed by atoms with Crippen LogP contribution in [0.15, 0.2) is 60.7 Å². The van der Waals surface area contributed by atoms with Crippen molar-refractivity contribution < 1.29 is 4.39 Å². The second-order valence-electron chi connectivity index (χ2n) is 6.50. The third-order valence-corrected chi connectivity index (χ3v) is 4.28. The zero-order chi connectivity index (χ0) is 18.9. The van der Waals surface area contributed by atoms with Crippen LogP contribution < -0.4 is 10.6 Å². The molecule has 5 heteroatoms. The minimum absolute atomic E-state index is 0.176. The summed E-state index contributed by atoms with van der Waals surface area (Å²) in [4.78, 5) is 8.91. The highest BCUT2D eigenvalue weighted by Gasteiger charge is 2.04. The van der Waals surface area contributed by atoms with Crippen LogP contribution in [0.5, 0.6) is 0 Å². The van der Waals surface area contributed by atoms with Crippen molar-refractivity contribution in [3.05, 3.63) is 83.3 Å². The van der Waals surface area contributed by atoms with E-state index in [0.29, 0.717) is 24.5 Å². The maximum absolute atomic E-state index is 13.7. The van der Waals surface area contributed by atoms with Gasteiger partial charge in [0.1, 0.15) is 11.6 Å². The number of aryl methyl sites for hydroxylation is 2. The van der Waals surface area contributed by atoms with E-state index in [1.54, 1.807) is 12.1 Å². The number of benzene rings is 2. The van der Waals surface area contributed by atoms with Crippen LogP contribution in [0, 0.1) is 12.7 Å². The van der Waals surface area contributed by atoms with E-state index in [0.717, 1.165) is 30.9 Å². The van der Waals surface area contributed by atoms with Gasteiger partial charge in [0.05, 0.1) is 0 Å². The summed E-state index contributed by atoms with van der Waals surface area (Å²) in [5.41, 5.74) is 2.93. The Labute approximate surface area is 159 Å². The Morgan fingerprint density at radius 3 is 2.44 bits per heavy atom. The van der Waals surface area contributed by atoms with Gasteiger partial charge in [0, 0.05) is 24.8 Å². The highest BCUT2D eigenvalue weighted by Crippen LogP contribution is 2.12. The zero-order valence-corrected chi connectivity index (χ0v) is 15.6. The first-order chi connectivity index (χ1) is 13.2. The minimum Gasteiger partial charge on any atom is -0.370 e. The summed E-state index contributed by atoms with van der Waals surface area (Å²) in [6.45, 7) is 3.37. The van der Waals surface area contributed by atoms with Crippen molar-refractivity contribution >= 4 is 11.8 Å². The van der Waals surface area contributed by atoms with Crippen LogP contribution in [-0.4, -0.2) is 23.1 Å². The lowest BCUT2D eigenvalue weighted by Crippen LogP contribution is -2.11. The molecular weight excluding hydrogens is 339 g/mol. The van der Waals surface area contributed by atoms with Gasteiger partial charge < -0.3 is 10.6 Å². The molecule has 0 saturated heterocycles. The number of hydrogen-bond donors (Lipinski definition) is 2. The molecule has 0 aliphatic heterocycles. The first kappa shape index (κ1) is 18.8. The molecular formula is C22H25FN4. The van der Waals surface area contributed by atoms with Crippen molar-refractivity contribution in [2.45, 2.75) is 26.2 Å². The lowest BCUT2D eigenvalue weighted by molar-refractivity contribution is 0.610. The molecule has 4 nitrogen and oxygen atoms in total. The van der Waals surface area contributed by atoms with Crippen molar-refractivity contribution in [3.63, 3.8) is 0 Å². The molecule has 0 atom stereocenters. The average molecular weight is 364 g/mol. The molecule has 1 heterocycles. The monoisotopic (exact) mass is 364 g/mol. The molecule has 0 amide bonds. The Morgan fingerprint density at radius 1 is 0.852 bits per heavy atom. The normalized spacial score (nSPS) is 10.6. The molecule has 0 fully saturated rings. The predicted octanol–water partition coefficient (Wildman–Crippen LogP) is 4.62. The van der Waals surface area contributed by atoms with Crippen molar-refractivity contribution in [2.75, 3.05) is 23.7 Å². The van der Waals surface area contributed by atoms with E-state index in [-0.39, 0.29) is 5.82 Å². The highest BCUT2D eigenvalue weighted by molar-refractivity contribution is 5.42. The topological polar surface area (TPSA) is 49.8 Å². The number of rotatable bonds is 9. The maximum Gasteiger partial charge on any atom is 0.224 e. The molecule has 0 spiro atoms. The van der Waals surface area contributed by atoms with Crippen LogP contribution >= 0.6 is 0 Å². The van der Waals surface area contributed by atoms with Gasteiger partial charge in [-0.3, -0.25) is 0 Å². The molecule has 0 radical (unpaired) electrons. The van der Waals surface area contributed by atoms with E-state index in [4.69, 9.17) is 0 Å². The molecule has 3 rings (SSSR count). The molecule has 1 aromatic heterocycles. The first-order valence-electron chi connectivity index (χ1n) is 9.31. The number of anilines is 2. The third kappa shape index (κ3) is 6.06. The van der Waals surface area contributed by atoms with Crippen LogP contribution in [0.3, 0.4) is 0 Å². The summed E-state index contributed by atoms with van der Waals surface area (Å²) in [6.07, 6.45) is 2.65. The van der Waals surface area contributed by atoms with Gasteiger partial charge in [-0.2, -0.15) is 4.98 Å². The van der Waals surface area contributed by atoms with Gasteiger partial charge in [0.25, 0.3) is 0 Å². The maximum atomic E-state index is 13.7. The Balaban J connectivity index is 1.47. The summed E-state index contributed by atoms with van der Waals surface area (Å²) in [6, 6.07) is 19.2. The highest BCUT2D eigenvalue weighted by atomic mass is 19.1. The molecule has 0 aliphatic rings. The summed E-state index contributed by atoms with van der Waals surface area (Å²) < 4.78 is 13.7. The van der Waals surface area contributed by atoms with Gasteiger partial charge in [-0.25, -0.2) is 9.37 Å². The van der Waals surface area contributed by atoms with Crippen LogP contribution in [-0.2, 0) is 12.8 Å². The van der Waals surface area contributed by atoms with Gasteiger partial charge >= 0.3 is 0 Å². The van der Waals surface area contributed by atoms with Crippen molar-refractivity contribution in [3.8, 4) is 0 Å². The molecule has 27 heavy (non-hydrogen) atoms. The van der Waals surface area contributed by atoms with Gasteiger partial charge in [0.15, 0.2) is 0 Å². The fourth-order valence-corrected chi connectivity index (χ4v) is 2.90. The van der Waals surface area contributed by atoms with Gasteiger partial charge in [-0.15, -0.1) is 0 Å². The zero-order valence-electron chi connectivity index (χ0n) is 15.6. The van der Waals surface area contributed by atoms with Gasteiger partial charge in [0.2, 0.25) is 5.95 Å². The lowest BCUT2D eigenvalue weighted by Gasteiger charge is -2.10. The number of halogens is 1. The standard InChI is InChI=1S/C22H25FN4/c1-17-16-21(24-14-7-10-18-8-3-2-4-9-18)27-22(26-17)25-15-13-19-11-5-6-12-20(19)23/h2-6,8-9,11-12,16H,7,10,13-15H2,1H3,(H2,24,25,26,27). The van der Waals surface area contributed by atoms with Gasteiger partial charge in [-0.1, -0.05) is 48.5 Å². The van der Waals surface area contributed by atoms with E-state index in [1.807, 2.05) is 25.1 Å². The van der Waals surface area contributed by atoms with E-state index >= 15 is 0 Å². The lowest BCUT2D eigenvalue weighted by atomic mass is 10.1. The Bertz CT molecular complexity index is 852. The van der Waals surface area contributed by atoms with Crippen molar-refractivity contribution in [2.24, 2.45) is 0 Å². The smallest absolute Gasteiger partial charge is 0.224 e. The van der Waals surface area contributed by atoms with Crippen LogP contribution in [0.2, 0.25) is 0 Å². The summed E-state index contributed by atoms with van der Waals surface area (Å²) in [7, 11) is 0. The molecule has 2 aromatic carbocycles. The van der Waals surface area contributed by atoms with Crippen molar-refractivity contribution in [1.29, 1.82) is 0 Å². The second kappa shape index (κ2) is 9.67. The van der Waals surface area contributed by atoms with Crippen LogP contribution in [0.1, 0.15) is 23.2 Å². The predicted molar refractivity (Wildman–Crippen MR) is 109 cm³/mol. The SMILES string of the molecule is Cc1cc(NCCCc2ccccc2)nc(NCCc2ccccc2F)n1. The van der Waals surface area contributed by atoms with Crippen molar-refractivity contribution in [1.82, 2.24) is 9.97 Å².